The lowest BCUT2D eigenvalue weighted by atomic mass is 10.2. The smallest absolute Gasteiger partial charge is 0.250 e. The van der Waals surface area contributed by atoms with Gasteiger partial charge in [0, 0.05) is 11.8 Å². The highest BCUT2D eigenvalue weighted by atomic mass is 16.1. The summed E-state index contributed by atoms with van der Waals surface area (Å²) < 4.78 is 0. The summed E-state index contributed by atoms with van der Waals surface area (Å²) in [7, 11) is 0. The molecule has 0 fully saturated rings. The maximum atomic E-state index is 11.4. The van der Waals surface area contributed by atoms with Gasteiger partial charge in [0.05, 0.1) is 12.2 Å². The summed E-state index contributed by atoms with van der Waals surface area (Å²) in [5.41, 5.74) is 2.15. The minimum absolute atomic E-state index is 0.204. The zero-order valence-corrected chi connectivity index (χ0v) is 10.1. The Kier molecular flexibility index (Phi) is 3.57. The number of carbonyl (C=O) groups excluding carboxylic acids is 1. The van der Waals surface area contributed by atoms with Gasteiger partial charge in [0.1, 0.15) is 0 Å². The van der Waals surface area contributed by atoms with Crippen LogP contribution in [0.3, 0.4) is 0 Å². The largest absolute Gasteiger partial charge is 0.326 e. The summed E-state index contributed by atoms with van der Waals surface area (Å²) in [5.74, 6) is 0. The van der Waals surface area contributed by atoms with Crippen LogP contribution in [-0.4, -0.2) is 11.4 Å². The number of aromatic amines is 1. The van der Waals surface area contributed by atoms with E-state index >= 15 is 0 Å². The Balaban J connectivity index is 2.28. The maximum absolute atomic E-state index is 11.4. The minimum atomic E-state index is -0.204. The molecule has 0 saturated heterocycles. The second kappa shape index (κ2) is 5.31. The molecular weight excluding hydrogens is 228 g/mol. The van der Waals surface area contributed by atoms with Crippen LogP contribution in [0.25, 0.3) is 0 Å². The Morgan fingerprint density at radius 1 is 1.22 bits per heavy atom. The van der Waals surface area contributed by atoms with Gasteiger partial charge in [-0.2, -0.15) is 0 Å². The average Bonchev–Trinajstić information content (AvgIpc) is 2.36. The second-order valence-corrected chi connectivity index (χ2v) is 4.10. The molecule has 0 saturated carbocycles. The molecule has 1 amide bonds. The third-order valence-electron chi connectivity index (χ3n) is 2.62. The molecule has 1 N–H and O–H groups in total. The number of pyridine rings is 1. The molecule has 0 spiro atoms. The molecule has 0 bridgehead atoms. The summed E-state index contributed by atoms with van der Waals surface area (Å²) in [4.78, 5) is 26.7. The number of rotatable bonds is 4. The van der Waals surface area contributed by atoms with Crippen molar-refractivity contribution in [3.05, 3.63) is 64.1 Å². The van der Waals surface area contributed by atoms with E-state index in [2.05, 4.69) is 4.98 Å². The molecule has 0 aliphatic carbocycles. The first-order valence-electron chi connectivity index (χ1n) is 5.66. The summed E-state index contributed by atoms with van der Waals surface area (Å²) in [6.45, 7) is 2.24. The number of amides is 1. The Morgan fingerprint density at radius 3 is 2.56 bits per heavy atom. The third kappa shape index (κ3) is 2.85. The zero-order chi connectivity index (χ0) is 13.0. The molecule has 4 nitrogen and oxygen atoms in total. The number of nitrogens with one attached hydrogen (secondary N) is 1. The highest BCUT2D eigenvalue weighted by molar-refractivity contribution is 5.74. The summed E-state index contributed by atoms with van der Waals surface area (Å²) in [5, 5.41) is 0. The van der Waals surface area contributed by atoms with Gasteiger partial charge in [-0.3, -0.25) is 9.59 Å². The van der Waals surface area contributed by atoms with Crippen LogP contribution in [0.15, 0.2) is 47.3 Å². The molecule has 0 radical (unpaired) electrons. The van der Waals surface area contributed by atoms with Crippen LogP contribution in [0, 0.1) is 6.92 Å². The summed E-state index contributed by atoms with van der Waals surface area (Å²) >= 11 is 0. The fraction of sp³-hybridized carbons (Fsp3) is 0.143. The Hall–Kier alpha value is -2.36. The molecule has 92 valence electrons. The van der Waals surface area contributed by atoms with Crippen LogP contribution in [0.2, 0.25) is 0 Å². The van der Waals surface area contributed by atoms with Crippen molar-refractivity contribution in [2.75, 3.05) is 4.90 Å². The quantitative estimate of drug-likeness (QED) is 0.832. The van der Waals surface area contributed by atoms with Crippen LogP contribution < -0.4 is 10.5 Å². The SMILES string of the molecule is Cc1cc(N(C=O)Cc2ccccc2)cc(=O)[nH]1. The van der Waals surface area contributed by atoms with E-state index in [0.29, 0.717) is 12.2 Å². The first-order valence-corrected chi connectivity index (χ1v) is 5.66. The Labute approximate surface area is 105 Å². The molecule has 2 rings (SSSR count). The van der Waals surface area contributed by atoms with Crippen LogP contribution >= 0.6 is 0 Å². The van der Waals surface area contributed by atoms with Gasteiger partial charge in [-0.1, -0.05) is 30.3 Å². The number of hydrogen-bond donors (Lipinski definition) is 1. The lowest BCUT2D eigenvalue weighted by molar-refractivity contribution is -0.107. The van der Waals surface area contributed by atoms with E-state index in [-0.39, 0.29) is 5.56 Å². The van der Waals surface area contributed by atoms with Crippen molar-refractivity contribution >= 4 is 12.1 Å². The first-order chi connectivity index (χ1) is 8.69. The van der Waals surface area contributed by atoms with Gasteiger partial charge in [0.15, 0.2) is 0 Å². The molecule has 0 atom stereocenters. The van der Waals surface area contributed by atoms with Crippen molar-refractivity contribution < 1.29 is 4.79 Å². The lowest BCUT2D eigenvalue weighted by Crippen LogP contribution is -2.22. The molecule has 0 aliphatic heterocycles. The third-order valence-corrected chi connectivity index (χ3v) is 2.62. The predicted molar refractivity (Wildman–Crippen MR) is 70.5 cm³/mol. The zero-order valence-electron chi connectivity index (χ0n) is 10.1. The van der Waals surface area contributed by atoms with Gasteiger partial charge in [-0.25, -0.2) is 0 Å². The second-order valence-electron chi connectivity index (χ2n) is 4.10. The topological polar surface area (TPSA) is 53.2 Å². The monoisotopic (exact) mass is 242 g/mol. The van der Waals surface area contributed by atoms with Crippen molar-refractivity contribution in [1.29, 1.82) is 0 Å². The minimum Gasteiger partial charge on any atom is -0.326 e. The van der Waals surface area contributed by atoms with Crippen LogP contribution in [0.4, 0.5) is 5.69 Å². The van der Waals surface area contributed by atoms with Gasteiger partial charge >= 0.3 is 0 Å². The Morgan fingerprint density at radius 2 is 1.94 bits per heavy atom. The van der Waals surface area contributed by atoms with E-state index in [9.17, 15) is 9.59 Å². The number of carbonyl (C=O) groups is 1. The molecule has 1 heterocycles. The molecule has 4 heteroatoms. The lowest BCUT2D eigenvalue weighted by Gasteiger charge is -2.17. The standard InChI is InChI=1S/C14H14N2O2/c1-11-7-13(8-14(18)15-11)16(10-17)9-12-5-3-2-4-6-12/h2-8,10H,9H2,1H3,(H,15,18). The molecule has 2 aromatic rings. The van der Waals surface area contributed by atoms with Gasteiger partial charge < -0.3 is 9.88 Å². The van der Waals surface area contributed by atoms with Gasteiger partial charge in [-0.15, -0.1) is 0 Å². The van der Waals surface area contributed by atoms with Crippen LogP contribution in [-0.2, 0) is 11.3 Å². The van der Waals surface area contributed by atoms with E-state index in [1.807, 2.05) is 30.3 Å². The molecule has 18 heavy (non-hydrogen) atoms. The highest BCUT2D eigenvalue weighted by Crippen LogP contribution is 2.14. The van der Waals surface area contributed by atoms with Crippen molar-refractivity contribution in [1.82, 2.24) is 4.98 Å². The average molecular weight is 242 g/mol. The number of hydrogen-bond acceptors (Lipinski definition) is 2. The van der Waals surface area contributed by atoms with Gasteiger partial charge in [-0.05, 0) is 18.6 Å². The fourth-order valence-electron chi connectivity index (χ4n) is 1.80. The van der Waals surface area contributed by atoms with E-state index in [0.717, 1.165) is 17.7 Å². The number of H-pyrrole nitrogens is 1. The first kappa shape index (κ1) is 12.1. The fourth-order valence-corrected chi connectivity index (χ4v) is 1.80. The Bertz CT molecular complexity index is 590. The van der Waals surface area contributed by atoms with E-state index < -0.39 is 0 Å². The molecule has 0 unspecified atom stereocenters. The molecule has 1 aromatic heterocycles. The van der Waals surface area contributed by atoms with E-state index in [4.69, 9.17) is 0 Å². The summed E-state index contributed by atoms with van der Waals surface area (Å²) in [6, 6.07) is 12.8. The normalized spacial score (nSPS) is 10.1. The molecule has 1 aromatic carbocycles. The number of aryl methyl sites for hydroxylation is 1. The van der Waals surface area contributed by atoms with Crippen molar-refractivity contribution in [2.45, 2.75) is 13.5 Å². The number of aromatic nitrogens is 1. The predicted octanol–water partition coefficient (Wildman–Crippen LogP) is 1.85. The molecular formula is C14H14N2O2. The number of nitrogens with zero attached hydrogens (tertiary/aromatic N) is 1. The van der Waals surface area contributed by atoms with E-state index in [1.54, 1.807) is 13.0 Å². The number of anilines is 1. The maximum Gasteiger partial charge on any atom is 0.250 e. The highest BCUT2D eigenvalue weighted by Gasteiger charge is 2.07. The summed E-state index contributed by atoms with van der Waals surface area (Å²) in [6.07, 6.45) is 0.737. The van der Waals surface area contributed by atoms with Crippen molar-refractivity contribution in [2.24, 2.45) is 0 Å². The molecule has 0 aliphatic rings. The van der Waals surface area contributed by atoms with Crippen LogP contribution in [0.5, 0.6) is 0 Å². The van der Waals surface area contributed by atoms with Crippen LogP contribution in [0.1, 0.15) is 11.3 Å². The van der Waals surface area contributed by atoms with E-state index in [1.165, 1.54) is 11.0 Å². The van der Waals surface area contributed by atoms with Crippen molar-refractivity contribution in [3.63, 3.8) is 0 Å². The number of benzene rings is 1. The van der Waals surface area contributed by atoms with Crippen molar-refractivity contribution in [3.8, 4) is 0 Å². The van der Waals surface area contributed by atoms with Gasteiger partial charge in [0.2, 0.25) is 12.0 Å². The van der Waals surface area contributed by atoms with Gasteiger partial charge in [0.25, 0.3) is 0 Å².